The van der Waals surface area contributed by atoms with Crippen molar-refractivity contribution in [2.24, 2.45) is 0 Å². The molecule has 2 N–H and O–H groups in total. The number of anilines is 3. The van der Waals surface area contributed by atoms with E-state index in [-0.39, 0.29) is 22.5 Å². The molecule has 0 bridgehead atoms. The summed E-state index contributed by atoms with van der Waals surface area (Å²) in [5.74, 6) is 0.339. The van der Waals surface area contributed by atoms with Crippen LogP contribution in [-0.2, 0) is 10.9 Å². The maximum absolute atomic E-state index is 13.1. The highest BCUT2D eigenvalue weighted by molar-refractivity contribution is 6.30. The standard InChI is InChI=1S/C14H15ClF3N5O/c1-24-6-2-5-19-13-22-12(8-20-23-13)21-11-4-3-9(15)7-10(11)14(16,17)18/h3-4,7-8H,2,5-6H2,1H3,(H2,19,21,22,23). The second kappa shape index (κ2) is 8.11. The first-order valence-electron chi connectivity index (χ1n) is 6.96. The zero-order chi connectivity index (χ0) is 17.6. The van der Waals surface area contributed by atoms with Gasteiger partial charge in [-0.15, -0.1) is 5.10 Å². The van der Waals surface area contributed by atoms with Gasteiger partial charge in [-0.1, -0.05) is 11.6 Å². The lowest BCUT2D eigenvalue weighted by molar-refractivity contribution is -0.136. The zero-order valence-corrected chi connectivity index (χ0v) is 13.4. The van der Waals surface area contributed by atoms with Gasteiger partial charge >= 0.3 is 6.18 Å². The molecule has 0 radical (unpaired) electrons. The number of rotatable bonds is 7. The summed E-state index contributed by atoms with van der Waals surface area (Å²) in [7, 11) is 1.59. The molecule has 0 aliphatic carbocycles. The molecule has 2 aromatic rings. The van der Waals surface area contributed by atoms with Gasteiger partial charge in [-0.25, -0.2) is 0 Å². The van der Waals surface area contributed by atoms with Crippen LogP contribution >= 0.6 is 11.6 Å². The van der Waals surface area contributed by atoms with E-state index in [9.17, 15) is 13.2 Å². The summed E-state index contributed by atoms with van der Waals surface area (Å²) < 4.78 is 44.1. The normalized spacial score (nSPS) is 11.4. The Morgan fingerprint density at radius 2 is 2.08 bits per heavy atom. The molecular formula is C14H15ClF3N5O. The number of hydrogen-bond donors (Lipinski definition) is 2. The minimum absolute atomic E-state index is 0.00538. The minimum atomic E-state index is -4.55. The van der Waals surface area contributed by atoms with Crippen LogP contribution in [0.2, 0.25) is 5.02 Å². The monoisotopic (exact) mass is 361 g/mol. The molecule has 0 atom stereocenters. The lowest BCUT2D eigenvalue weighted by Crippen LogP contribution is -2.11. The van der Waals surface area contributed by atoms with Crippen molar-refractivity contribution in [1.29, 1.82) is 0 Å². The van der Waals surface area contributed by atoms with Gasteiger partial charge in [-0.3, -0.25) is 0 Å². The van der Waals surface area contributed by atoms with Crippen LogP contribution in [0.4, 0.5) is 30.6 Å². The maximum atomic E-state index is 13.1. The van der Waals surface area contributed by atoms with Crippen molar-refractivity contribution in [3.63, 3.8) is 0 Å². The Kier molecular flexibility index (Phi) is 6.16. The van der Waals surface area contributed by atoms with Crippen LogP contribution < -0.4 is 10.6 Å². The van der Waals surface area contributed by atoms with Gasteiger partial charge in [0.25, 0.3) is 0 Å². The van der Waals surface area contributed by atoms with Crippen LogP contribution in [-0.4, -0.2) is 35.4 Å². The van der Waals surface area contributed by atoms with Crippen molar-refractivity contribution in [3.05, 3.63) is 35.0 Å². The third kappa shape index (κ3) is 5.20. The SMILES string of the molecule is COCCCNc1nncc(Nc2ccc(Cl)cc2C(F)(F)F)n1. The van der Waals surface area contributed by atoms with Crippen molar-refractivity contribution in [2.45, 2.75) is 12.6 Å². The second-order valence-corrected chi connectivity index (χ2v) is 5.19. The van der Waals surface area contributed by atoms with Gasteiger partial charge in [-0.2, -0.15) is 23.3 Å². The van der Waals surface area contributed by atoms with E-state index in [0.29, 0.717) is 13.2 Å². The summed E-state index contributed by atoms with van der Waals surface area (Å²) in [6.45, 7) is 1.12. The molecule has 0 spiro atoms. The van der Waals surface area contributed by atoms with Crippen LogP contribution in [0.15, 0.2) is 24.4 Å². The first-order chi connectivity index (χ1) is 11.4. The molecule has 10 heteroatoms. The average Bonchev–Trinajstić information content (AvgIpc) is 2.53. The molecule has 6 nitrogen and oxygen atoms in total. The molecule has 0 amide bonds. The number of hydrogen-bond acceptors (Lipinski definition) is 6. The summed E-state index contributed by atoms with van der Waals surface area (Å²) in [5, 5.41) is 13.0. The van der Waals surface area contributed by atoms with Gasteiger partial charge in [0, 0.05) is 25.3 Å². The van der Waals surface area contributed by atoms with Gasteiger partial charge in [0.15, 0.2) is 5.82 Å². The molecule has 0 unspecified atom stereocenters. The van der Waals surface area contributed by atoms with Crippen molar-refractivity contribution in [1.82, 2.24) is 15.2 Å². The van der Waals surface area contributed by atoms with E-state index in [0.717, 1.165) is 12.5 Å². The van der Waals surface area contributed by atoms with E-state index in [2.05, 4.69) is 25.8 Å². The second-order valence-electron chi connectivity index (χ2n) is 4.75. The molecule has 2 rings (SSSR count). The molecular weight excluding hydrogens is 347 g/mol. The van der Waals surface area contributed by atoms with Crippen LogP contribution in [0.25, 0.3) is 0 Å². The predicted octanol–water partition coefficient (Wildman–Crippen LogP) is 3.74. The van der Waals surface area contributed by atoms with Crippen molar-refractivity contribution >= 4 is 29.1 Å². The number of halogens is 4. The summed E-state index contributed by atoms with van der Waals surface area (Å²) in [6, 6.07) is 3.44. The quantitative estimate of drug-likeness (QED) is 0.732. The highest BCUT2D eigenvalue weighted by atomic mass is 35.5. The summed E-state index contributed by atoms with van der Waals surface area (Å²) in [5.41, 5.74) is -1.05. The summed E-state index contributed by atoms with van der Waals surface area (Å²) in [6.07, 6.45) is -2.59. The van der Waals surface area contributed by atoms with Crippen LogP contribution in [0.5, 0.6) is 0 Å². The molecule has 24 heavy (non-hydrogen) atoms. The third-order valence-electron chi connectivity index (χ3n) is 2.92. The first kappa shape index (κ1) is 18.2. The Bertz CT molecular complexity index is 684. The van der Waals surface area contributed by atoms with Crippen molar-refractivity contribution < 1.29 is 17.9 Å². The molecule has 0 saturated carbocycles. The molecule has 0 saturated heterocycles. The largest absolute Gasteiger partial charge is 0.418 e. The van der Waals surface area contributed by atoms with Gasteiger partial charge in [0.05, 0.1) is 17.4 Å². The molecule has 130 valence electrons. The number of aromatic nitrogens is 3. The van der Waals surface area contributed by atoms with E-state index < -0.39 is 11.7 Å². The van der Waals surface area contributed by atoms with Crippen LogP contribution in [0.3, 0.4) is 0 Å². The lowest BCUT2D eigenvalue weighted by atomic mass is 10.1. The Hall–Kier alpha value is -2.13. The Balaban J connectivity index is 2.14. The topological polar surface area (TPSA) is 72.0 Å². The summed E-state index contributed by atoms with van der Waals surface area (Å²) in [4.78, 5) is 4.07. The predicted molar refractivity (Wildman–Crippen MR) is 84.5 cm³/mol. The first-order valence-corrected chi connectivity index (χ1v) is 7.34. The van der Waals surface area contributed by atoms with Gasteiger partial charge < -0.3 is 15.4 Å². The average molecular weight is 362 g/mol. The van der Waals surface area contributed by atoms with E-state index >= 15 is 0 Å². The lowest BCUT2D eigenvalue weighted by Gasteiger charge is -2.14. The number of nitrogens with zero attached hydrogens (tertiary/aromatic N) is 3. The maximum Gasteiger partial charge on any atom is 0.418 e. The molecule has 0 aliphatic heterocycles. The fourth-order valence-electron chi connectivity index (χ4n) is 1.85. The van der Waals surface area contributed by atoms with Gasteiger partial charge in [-0.05, 0) is 24.6 Å². The summed E-state index contributed by atoms with van der Waals surface area (Å²) >= 11 is 5.65. The molecule has 0 aliphatic rings. The third-order valence-corrected chi connectivity index (χ3v) is 3.15. The van der Waals surface area contributed by atoms with Crippen molar-refractivity contribution in [3.8, 4) is 0 Å². The Morgan fingerprint density at radius 1 is 1.29 bits per heavy atom. The molecule has 1 aromatic heterocycles. The molecule has 0 fully saturated rings. The number of nitrogens with one attached hydrogen (secondary N) is 2. The van der Waals surface area contributed by atoms with Gasteiger partial charge in [0.1, 0.15) is 0 Å². The van der Waals surface area contributed by atoms with Crippen LogP contribution in [0, 0.1) is 0 Å². The highest BCUT2D eigenvalue weighted by Gasteiger charge is 2.34. The number of methoxy groups -OCH3 is 1. The van der Waals surface area contributed by atoms with E-state index in [4.69, 9.17) is 16.3 Å². The van der Waals surface area contributed by atoms with E-state index in [1.807, 2.05) is 0 Å². The van der Waals surface area contributed by atoms with E-state index in [1.165, 1.54) is 18.3 Å². The smallest absolute Gasteiger partial charge is 0.385 e. The Labute approximate surface area is 141 Å². The zero-order valence-electron chi connectivity index (χ0n) is 12.7. The Morgan fingerprint density at radius 3 is 2.79 bits per heavy atom. The minimum Gasteiger partial charge on any atom is -0.385 e. The molecule has 1 aromatic carbocycles. The number of ether oxygens (including phenoxy) is 1. The number of alkyl halides is 3. The highest BCUT2D eigenvalue weighted by Crippen LogP contribution is 2.37. The molecule has 1 heterocycles. The fraction of sp³-hybridized carbons (Fsp3) is 0.357. The fourth-order valence-corrected chi connectivity index (χ4v) is 2.03. The van der Waals surface area contributed by atoms with Gasteiger partial charge in [0.2, 0.25) is 5.95 Å². The van der Waals surface area contributed by atoms with Crippen molar-refractivity contribution in [2.75, 3.05) is 30.9 Å². The van der Waals surface area contributed by atoms with Crippen LogP contribution in [0.1, 0.15) is 12.0 Å². The number of benzene rings is 1. The van der Waals surface area contributed by atoms with E-state index in [1.54, 1.807) is 7.11 Å².